The van der Waals surface area contributed by atoms with Crippen LogP contribution in [0.15, 0.2) is 0 Å². The number of primary amides is 1. The van der Waals surface area contributed by atoms with Gasteiger partial charge in [-0.1, -0.05) is 0 Å². The Kier molecular flexibility index (Phi) is 3.63. The third-order valence-electron chi connectivity index (χ3n) is 0.733. The van der Waals surface area contributed by atoms with Crippen LogP contribution in [0.1, 0.15) is 0 Å². The number of carboxylic acids is 1. The van der Waals surface area contributed by atoms with E-state index in [9.17, 15) is 9.59 Å². The first-order valence-corrected chi connectivity index (χ1v) is 3.68. The van der Waals surface area contributed by atoms with E-state index in [1.165, 1.54) is 0 Å². The molecule has 0 radical (unpaired) electrons. The maximum absolute atomic E-state index is 10.2. The molecule has 58 valence electrons. The van der Waals surface area contributed by atoms with Crippen LogP contribution in [0.4, 0.5) is 4.79 Å². The van der Waals surface area contributed by atoms with Gasteiger partial charge in [-0.25, -0.2) is 9.59 Å². The van der Waals surface area contributed by atoms with Gasteiger partial charge in [0.1, 0.15) is 0 Å². The summed E-state index contributed by atoms with van der Waals surface area (Å²) in [7, 11) is 0. The zero-order chi connectivity index (χ0) is 8.15. The van der Waals surface area contributed by atoms with E-state index >= 15 is 0 Å². The van der Waals surface area contributed by atoms with Gasteiger partial charge in [-0.2, -0.15) is 0 Å². The van der Waals surface area contributed by atoms with E-state index in [0.29, 0.717) is 0 Å². The molecule has 0 aliphatic heterocycles. The van der Waals surface area contributed by atoms with Gasteiger partial charge in [-0.15, -0.1) is 11.8 Å². The second-order valence-corrected chi connectivity index (χ2v) is 2.41. The highest BCUT2D eigenvalue weighted by Crippen LogP contribution is 2.01. The molecule has 0 heterocycles. The van der Waals surface area contributed by atoms with Gasteiger partial charge in [0.25, 0.3) is 0 Å². The van der Waals surface area contributed by atoms with Crippen LogP contribution in [-0.2, 0) is 4.79 Å². The number of carbonyl (C=O) groups is 2. The minimum atomic E-state index is -1.11. The monoisotopic (exact) mass is 164 g/mol. The minimum absolute atomic E-state index is 0.832. The van der Waals surface area contributed by atoms with E-state index in [0.717, 1.165) is 11.8 Å². The fraction of sp³-hybridized carbons (Fsp3) is 0.500. The van der Waals surface area contributed by atoms with Crippen molar-refractivity contribution < 1.29 is 14.7 Å². The lowest BCUT2D eigenvalue weighted by Crippen LogP contribution is -2.41. The number of hydrogen-bond donors (Lipinski definition) is 3. The number of aliphatic carboxylic acids is 1. The lowest BCUT2D eigenvalue weighted by atomic mass is 10.6. The third kappa shape index (κ3) is 3.18. The number of rotatable bonds is 3. The Hall–Kier alpha value is -0.910. The van der Waals surface area contributed by atoms with Gasteiger partial charge in [0.2, 0.25) is 0 Å². The number of carbonyl (C=O) groups excluding carboxylic acids is 1. The maximum atomic E-state index is 10.2. The van der Waals surface area contributed by atoms with Crippen molar-refractivity contribution in [1.82, 2.24) is 5.32 Å². The molecule has 0 saturated carbocycles. The summed E-state index contributed by atoms with van der Waals surface area (Å²) in [6, 6.07) is -0.832. The molecular weight excluding hydrogens is 156 g/mol. The highest BCUT2D eigenvalue weighted by Gasteiger charge is 2.15. The Morgan fingerprint density at radius 1 is 1.70 bits per heavy atom. The van der Waals surface area contributed by atoms with Crippen LogP contribution in [0.5, 0.6) is 0 Å². The Morgan fingerprint density at radius 3 is 2.30 bits per heavy atom. The number of hydrogen-bond acceptors (Lipinski definition) is 3. The van der Waals surface area contributed by atoms with Crippen LogP contribution in [-0.4, -0.2) is 28.7 Å². The van der Waals surface area contributed by atoms with E-state index in [1.54, 1.807) is 6.26 Å². The summed E-state index contributed by atoms with van der Waals surface area (Å²) < 4.78 is 0. The molecule has 5 nitrogen and oxygen atoms in total. The Labute approximate surface area is 62.0 Å². The van der Waals surface area contributed by atoms with Crippen LogP contribution >= 0.6 is 11.8 Å². The van der Waals surface area contributed by atoms with E-state index in [1.807, 2.05) is 5.32 Å². The number of thioether (sulfide) groups is 1. The van der Waals surface area contributed by atoms with E-state index in [4.69, 9.17) is 5.11 Å². The molecule has 0 bridgehead atoms. The molecule has 0 aliphatic rings. The molecule has 0 rings (SSSR count). The Bertz CT molecular complexity index is 149. The van der Waals surface area contributed by atoms with Crippen molar-refractivity contribution in [3.8, 4) is 0 Å². The van der Waals surface area contributed by atoms with Gasteiger partial charge in [-0.05, 0) is 6.26 Å². The number of nitrogens with one attached hydrogen (secondary N) is 1. The van der Waals surface area contributed by atoms with Crippen molar-refractivity contribution in [3.05, 3.63) is 0 Å². The molecule has 10 heavy (non-hydrogen) atoms. The molecule has 6 heteroatoms. The standard InChI is InChI=1S/C4H8N2O3S/c1-10-2(3(7)8)6-4(5)9/h2H,1H3,(H,7,8)(H3,5,6,9). The fourth-order valence-corrected chi connectivity index (χ4v) is 0.786. The van der Waals surface area contributed by atoms with Crippen molar-refractivity contribution in [2.45, 2.75) is 5.37 Å². The van der Waals surface area contributed by atoms with E-state index in [2.05, 4.69) is 5.73 Å². The first kappa shape index (κ1) is 9.09. The molecule has 0 aromatic carbocycles. The van der Waals surface area contributed by atoms with Gasteiger partial charge in [0, 0.05) is 0 Å². The minimum Gasteiger partial charge on any atom is -0.479 e. The molecule has 4 N–H and O–H groups in total. The van der Waals surface area contributed by atoms with Gasteiger partial charge in [-0.3, -0.25) is 0 Å². The largest absolute Gasteiger partial charge is 0.479 e. The number of nitrogens with two attached hydrogens (primary N) is 1. The summed E-state index contributed by atoms with van der Waals surface area (Å²) in [5.41, 5.74) is 4.68. The predicted octanol–water partition coefficient (Wildman–Crippen LogP) is -0.572. The molecule has 1 atom stereocenters. The third-order valence-corrected chi connectivity index (χ3v) is 1.52. The zero-order valence-electron chi connectivity index (χ0n) is 5.33. The zero-order valence-corrected chi connectivity index (χ0v) is 6.14. The van der Waals surface area contributed by atoms with Crippen LogP contribution < -0.4 is 11.1 Å². The lowest BCUT2D eigenvalue weighted by Gasteiger charge is -2.07. The second-order valence-electron chi connectivity index (χ2n) is 1.46. The predicted molar refractivity (Wildman–Crippen MR) is 37.7 cm³/mol. The first-order chi connectivity index (χ1) is 4.57. The second kappa shape index (κ2) is 3.99. The average Bonchev–Trinajstić information content (AvgIpc) is 1.81. The van der Waals surface area contributed by atoms with Crippen molar-refractivity contribution in [2.75, 3.05) is 6.26 Å². The highest BCUT2D eigenvalue weighted by atomic mass is 32.2. The summed E-state index contributed by atoms with van der Waals surface area (Å²) in [5, 5.41) is 9.42. The molecule has 0 spiro atoms. The van der Waals surface area contributed by atoms with Crippen molar-refractivity contribution in [3.63, 3.8) is 0 Å². The SMILES string of the molecule is CSC(NC(N)=O)C(=O)O. The number of amides is 2. The van der Waals surface area contributed by atoms with E-state index < -0.39 is 17.4 Å². The summed E-state index contributed by atoms with van der Waals surface area (Å²) in [5.74, 6) is -1.11. The normalized spacial score (nSPS) is 12.1. The summed E-state index contributed by atoms with van der Waals surface area (Å²) in [4.78, 5) is 20.3. The molecule has 0 fully saturated rings. The van der Waals surface area contributed by atoms with Crippen molar-refractivity contribution in [2.24, 2.45) is 5.73 Å². The smallest absolute Gasteiger partial charge is 0.336 e. The van der Waals surface area contributed by atoms with Gasteiger partial charge in [0.05, 0.1) is 0 Å². The molecule has 1 unspecified atom stereocenters. The average molecular weight is 164 g/mol. The number of carboxylic acid groups (broad SMARTS) is 1. The fourth-order valence-electron chi connectivity index (χ4n) is 0.351. The Morgan fingerprint density at radius 2 is 2.20 bits per heavy atom. The van der Waals surface area contributed by atoms with Crippen LogP contribution in [0.3, 0.4) is 0 Å². The van der Waals surface area contributed by atoms with Gasteiger partial charge < -0.3 is 16.2 Å². The first-order valence-electron chi connectivity index (χ1n) is 2.39. The molecule has 0 aliphatic carbocycles. The Balaban J connectivity index is 3.83. The lowest BCUT2D eigenvalue weighted by molar-refractivity contribution is -0.136. The van der Waals surface area contributed by atoms with Crippen LogP contribution in [0.25, 0.3) is 0 Å². The maximum Gasteiger partial charge on any atom is 0.336 e. The van der Waals surface area contributed by atoms with E-state index in [-0.39, 0.29) is 0 Å². The quantitative estimate of drug-likeness (QED) is 0.487. The van der Waals surface area contributed by atoms with Crippen molar-refractivity contribution in [1.29, 1.82) is 0 Å². The molecule has 0 saturated heterocycles. The number of urea groups is 1. The molecule has 0 aromatic rings. The highest BCUT2D eigenvalue weighted by molar-refractivity contribution is 7.99. The van der Waals surface area contributed by atoms with Crippen LogP contribution in [0, 0.1) is 0 Å². The molecule has 0 aromatic heterocycles. The summed E-state index contributed by atoms with van der Waals surface area (Å²) in [6.07, 6.45) is 1.56. The molecule has 2 amide bonds. The van der Waals surface area contributed by atoms with Crippen LogP contribution in [0.2, 0.25) is 0 Å². The topological polar surface area (TPSA) is 92.4 Å². The van der Waals surface area contributed by atoms with Gasteiger partial charge in [0.15, 0.2) is 5.37 Å². The van der Waals surface area contributed by atoms with Crippen molar-refractivity contribution >= 4 is 23.8 Å². The summed E-state index contributed by atoms with van der Waals surface area (Å²) >= 11 is 0.995. The molecular formula is C4H8N2O3S. The van der Waals surface area contributed by atoms with Gasteiger partial charge >= 0.3 is 12.0 Å². The summed E-state index contributed by atoms with van der Waals surface area (Å²) in [6.45, 7) is 0.